The molecule has 0 heterocycles. The predicted octanol–water partition coefficient (Wildman–Crippen LogP) is 3.37. The van der Waals surface area contributed by atoms with Crippen molar-refractivity contribution in [2.75, 3.05) is 0 Å². The summed E-state index contributed by atoms with van der Waals surface area (Å²) < 4.78 is 0. The average molecular weight is 180 g/mol. The first kappa shape index (κ1) is 12.2. The molecule has 0 amide bonds. The molecule has 1 atom stereocenters. The molecule has 0 aromatic heterocycles. The normalized spacial score (nSPS) is 14.4. The van der Waals surface area contributed by atoms with Crippen LogP contribution in [0.4, 0.5) is 0 Å². The Balaban J connectivity index is 4.08. The van der Waals surface area contributed by atoms with Crippen molar-refractivity contribution >= 4 is 6.29 Å². The Kier molecular flexibility index (Phi) is 5.36. The van der Waals surface area contributed by atoms with Gasteiger partial charge in [0.05, 0.1) is 0 Å². The molecule has 0 aromatic carbocycles. The van der Waals surface area contributed by atoms with E-state index in [0.717, 1.165) is 12.7 Å². The van der Waals surface area contributed by atoms with E-state index in [1.807, 2.05) is 6.92 Å². The van der Waals surface area contributed by atoms with Crippen molar-refractivity contribution in [2.24, 2.45) is 11.8 Å². The second-order valence-electron chi connectivity index (χ2n) is 3.93. The third-order valence-corrected chi connectivity index (χ3v) is 2.49. The molecule has 1 unspecified atom stereocenters. The molecule has 13 heavy (non-hydrogen) atoms. The topological polar surface area (TPSA) is 17.1 Å². The molecule has 1 nitrogen and oxygen atoms in total. The molecule has 74 valence electrons. The number of hydrogen-bond acceptors (Lipinski definition) is 1. The molecule has 0 aliphatic carbocycles. The van der Waals surface area contributed by atoms with Gasteiger partial charge < -0.3 is 0 Å². The minimum atomic E-state index is 0.270. The summed E-state index contributed by atoms with van der Waals surface area (Å²) in [5.41, 5.74) is 2.07. The van der Waals surface area contributed by atoms with Gasteiger partial charge in [0.2, 0.25) is 0 Å². The fourth-order valence-electron chi connectivity index (χ4n) is 0.866. The minimum Gasteiger partial charge on any atom is -0.298 e. The third kappa shape index (κ3) is 4.66. The second kappa shape index (κ2) is 5.74. The molecular formula is C12H20O. The Labute approximate surface area is 81.5 Å². The monoisotopic (exact) mass is 180 g/mol. The van der Waals surface area contributed by atoms with Gasteiger partial charge in [-0.3, -0.25) is 4.79 Å². The van der Waals surface area contributed by atoms with E-state index in [9.17, 15) is 4.79 Å². The van der Waals surface area contributed by atoms with Crippen molar-refractivity contribution in [3.8, 4) is 0 Å². The number of hydrogen-bond donors (Lipinski definition) is 0. The Morgan fingerprint density at radius 1 is 1.38 bits per heavy atom. The van der Waals surface area contributed by atoms with Crippen molar-refractivity contribution in [2.45, 2.75) is 34.1 Å². The van der Waals surface area contributed by atoms with Gasteiger partial charge in [0.15, 0.2) is 0 Å². The summed E-state index contributed by atoms with van der Waals surface area (Å²) in [5.74, 6) is 0.864. The van der Waals surface area contributed by atoms with E-state index in [1.54, 1.807) is 0 Å². The summed E-state index contributed by atoms with van der Waals surface area (Å²) in [7, 11) is 0. The summed E-state index contributed by atoms with van der Waals surface area (Å²) in [6.45, 7) is 12.2. The summed E-state index contributed by atoms with van der Waals surface area (Å²) in [6.07, 6.45) is 3.97. The summed E-state index contributed by atoms with van der Waals surface area (Å²) >= 11 is 0. The molecule has 0 fully saturated rings. The maximum Gasteiger partial charge on any atom is 0.145 e. The lowest BCUT2D eigenvalue weighted by atomic mass is 9.96. The van der Waals surface area contributed by atoms with Gasteiger partial charge in [0.25, 0.3) is 0 Å². The first-order valence-electron chi connectivity index (χ1n) is 4.79. The molecule has 0 aliphatic heterocycles. The largest absolute Gasteiger partial charge is 0.298 e. The van der Waals surface area contributed by atoms with Gasteiger partial charge in [-0.25, -0.2) is 0 Å². The predicted molar refractivity (Wildman–Crippen MR) is 57.6 cm³/mol. The fourth-order valence-corrected chi connectivity index (χ4v) is 0.866. The lowest BCUT2D eigenvalue weighted by Gasteiger charge is -2.09. The Morgan fingerprint density at radius 3 is 2.31 bits per heavy atom. The van der Waals surface area contributed by atoms with Gasteiger partial charge in [-0.2, -0.15) is 0 Å². The van der Waals surface area contributed by atoms with Crippen molar-refractivity contribution < 1.29 is 4.79 Å². The van der Waals surface area contributed by atoms with Crippen LogP contribution in [0.2, 0.25) is 0 Å². The average Bonchev–Trinajstić information content (AvgIpc) is 2.11. The zero-order valence-corrected chi connectivity index (χ0v) is 9.13. The summed E-state index contributed by atoms with van der Waals surface area (Å²) in [6, 6.07) is 0. The van der Waals surface area contributed by atoms with Crippen LogP contribution in [0.1, 0.15) is 34.1 Å². The Bertz CT molecular complexity index is 211. The highest BCUT2D eigenvalue weighted by atomic mass is 16.1. The zero-order chi connectivity index (χ0) is 10.4. The van der Waals surface area contributed by atoms with Gasteiger partial charge in [-0.15, -0.1) is 0 Å². The lowest BCUT2D eigenvalue weighted by molar-refractivity contribution is -0.105. The van der Waals surface area contributed by atoms with E-state index in [1.165, 1.54) is 5.57 Å². The van der Waals surface area contributed by atoms with E-state index in [2.05, 4.69) is 33.4 Å². The zero-order valence-electron chi connectivity index (χ0n) is 9.13. The molecule has 0 spiro atoms. The highest BCUT2D eigenvalue weighted by Gasteiger charge is 2.04. The van der Waals surface area contributed by atoms with Gasteiger partial charge in [0, 0.05) is 0 Å². The molecule has 0 bridgehead atoms. The van der Waals surface area contributed by atoms with Crippen LogP contribution < -0.4 is 0 Å². The fraction of sp³-hybridized carbons (Fsp3) is 0.583. The smallest absolute Gasteiger partial charge is 0.145 e. The lowest BCUT2D eigenvalue weighted by Crippen LogP contribution is -1.99. The van der Waals surface area contributed by atoms with Crippen LogP contribution >= 0.6 is 0 Å². The van der Waals surface area contributed by atoms with Gasteiger partial charge in [-0.05, 0) is 30.8 Å². The quantitative estimate of drug-likeness (QED) is 0.360. The van der Waals surface area contributed by atoms with Crippen LogP contribution in [0.15, 0.2) is 23.8 Å². The van der Waals surface area contributed by atoms with Gasteiger partial charge >= 0.3 is 0 Å². The second-order valence-corrected chi connectivity index (χ2v) is 3.93. The molecule has 0 saturated heterocycles. The van der Waals surface area contributed by atoms with Crippen LogP contribution in [0, 0.1) is 11.8 Å². The van der Waals surface area contributed by atoms with Crippen molar-refractivity contribution in [1.29, 1.82) is 0 Å². The van der Waals surface area contributed by atoms with Crippen LogP contribution in [0.5, 0.6) is 0 Å². The van der Waals surface area contributed by atoms with E-state index >= 15 is 0 Å². The number of rotatable bonds is 5. The summed E-state index contributed by atoms with van der Waals surface area (Å²) in [4.78, 5) is 10.4. The number of carbonyl (C=O) groups is 1. The first-order chi connectivity index (χ1) is 5.99. The van der Waals surface area contributed by atoms with Crippen molar-refractivity contribution in [3.05, 3.63) is 23.8 Å². The first-order valence-corrected chi connectivity index (χ1v) is 4.79. The van der Waals surface area contributed by atoms with Crippen LogP contribution in [-0.2, 0) is 4.79 Å². The molecule has 0 rings (SSSR count). The van der Waals surface area contributed by atoms with E-state index in [-0.39, 0.29) is 5.92 Å². The molecule has 0 aliphatic rings. The summed E-state index contributed by atoms with van der Waals surface area (Å²) in [5, 5.41) is 0. The molecule has 0 saturated carbocycles. The molecule has 1 heteroatoms. The van der Waals surface area contributed by atoms with E-state index < -0.39 is 0 Å². The van der Waals surface area contributed by atoms with Gasteiger partial charge in [-0.1, -0.05) is 39.0 Å². The van der Waals surface area contributed by atoms with E-state index in [4.69, 9.17) is 0 Å². The third-order valence-electron chi connectivity index (χ3n) is 2.49. The number of carbonyl (C=O) groups excluding carboxylic acids is 1. The highest BCUT2D eigenvalue weighted by Crippen LogP contribution is 2.15. The Morgan fingerprint density at radius 2 is 1.92 bits per heavy atom. The van der Waals surface area contributed by atoms with Crippen molar-refractivity contribution in [1.82, 2.24) is 0 Å². The molecule has 0 aromatic rings. The van der Waals surface area contributed by atoms with Crippen LogP contribution in [-0.4, -0.2) is 6.29 Å². The van der Waals surface area contributed by atoms with Gasteiger partial charge in [0.1, 0.15) is 6.29 Å². The number of aldehydes is 1. The van der Waals surface area contributed by atoms with Crippen LogP contribution in [0.3, 0.4) is 0 Å². The molecule has 0 radical (unpaired) electrons. The van der Waals surface area contributed by atoms with Crippen molar-refractivity contribution in [3.63, 3.8) is 0 Å². The molecular weight excluding hydrogens is 160 g/mol. The van der Waals surface area contributed by atoms with E-state index in [0.29, 0.717) is 11.5 Å². The number of allylic oxidation sites excluding steroid dienone is 3. The standard InChI is InChI=1S/C12H20O/c1-9(2)10(3)6-7-11(4)12(5)8-13/h6,8-9,11H,5,7H2,1-4H3/b10-6-. The highest BCUT2D eigenvalue weighted by molar-refractivity contribution is 5.72. The minimum absolute atomic E-state index is 0.270. The molecule has 0 N–H and O–H groups in total. The Hall–Kier alpha value is -0.850. The van der Waals surface area contributed by atoms with Crippen LogP contribution in [0.25, 0.3) is 0 Å². The SMILES string of the molecule is C=C(C=O)C(C)C/C=C(/C)C(C)C. The maximum atomic E-state index is 10.4. The maximum absolute atomic E-state index is 10.4.